The van der Waals surface area contributed by atoms with Crippen LogP contribution < -0.4 is 4.90 Å². The smallest absolute Gasteiger partial charge is 0.271 e. The van der Waals surface area contributed by atoms with Crippen molar-refractivity contribution in [2.24, 2.45) is 0 Å². The molecule has 2 fully saturated rings. The molecule has 1 N–H and O–H groups in total. The highest BCUT2D eigenvalue weighted by Gasteiger charge is 2.70. The molecule has 2 saturated heterocycles. The van der Waals surface area contributed by atoms with Crippen molar-refractivity contribution in [3.8, 4) is 0 Å². The molecule has 0 radical (unpaired) electrons. The zero-order chi connectivity index (χ0) is 17.8. The van der Waals surface area contributed by atoms with Gasteiger partial charge in [-0.05, 0) is 35.9 Å². The lowest BCUT2D eigenvalue weighted by atomic mass is 9.84. The SMILES string of the molecule is O=C1N(c2cccc(Cl)c2)CC2N(Cc3cccc(Br)c3)C(=O)[C@@]12O. The molecule has 4 rings (SSSR count). The summed E-state index contributed by atoms with van der Waals surface area (Å²) in [7, 11) is 0. The quantitative estimate of drug-likeness (QED) is 0.612. The maximum absolute atomic E-state index is 12.6. The Labute approximate surface area is 157 Å². The van der Waals surface area contributed by atoms with Crippen LogP contribution in [0.1, 0.15) is 5.56 Å². The van der Waals surface area contributed by atoms with Crippen LogP contribution in [-0.2, 0) is 16.1 Å². The van der Waals surface area contributed by atoms with Crippen molar-refractivity contribution in [2.45, 2.75) is 18.2 Å². The second-order valence-electron chi connectivity index (χ2n) is 6.24. The summed E-state index contributed by atoms with van der Waals surface area (Å²) in [6.45, 7) is 0.595. The van der Waals surface area contributed by atoms with Gasteiger partial charge in [0.25, 0.3) is 11.8 Å². The molecule has 2 amide bonds. The van der Waals surface area contributed by atoms with E-state index in [9.17, 15) is 14.7 Å². The third kappa shape index (κ3) is 2.47. The van der Waals surface area contributed by atoms with E-state index in [1.54, 1.807) is 29.2 Å². The number of likely N-dealkylation sites (tertiary alicyclic amines) is 1. The maximum atomic E-state index is 12.6. The van der Waals surface area contributed by atoms with Crippen LogP contribution in [0.3, 0.4) is 0 Å². The minimum atomic E-state index is -1.96. The van der Waals surface area contributed by atoms with Gasteiger partial charge in [0.1, 0.15) is 0 Å². The first-order valence-corrected chi connectivity index (χ1v) is 8.94. The number of carbonyl (C=O) groups excluding carboxylic acids is 2. The van der Waals surface area contributed by atoms with Gasteiger partial charge in [-0.25, -0.2) is 0 Å². The van der Waals surface area contributed by atoms with Crippen LogP contribution in [0.25, 0.3) is 0 Å². The molecule has 2 heterocycles. The molecule has 2 aromatic carbocycles. The molecular weight excluding hydrogens is 408 g/mol. The molecule has 0 aromatic heterocycles. The van der Waals surface area contributed by atoms with E-state index >= 15 is 0 Å². The van der Waals surface area contributed by atoms with E-state index in [0.29, 0.717) is 17.3 Å². The van der Waals surface area contributed by atoms with Crippen molar-refractivity contribution < 1.29 is 14.7 Å². The molecule has 2 aliphatic heterocycles. The lowest BCUT2D eigenvalue weighted by Crippen LogP contribution is -2.74. The van der Waals surface area contributed by atoms with Crippen LogP contribution in [0.5, 0.6) is 0 Å². The first kappa shape index (κ1) is 16.6. The summed E-state index contributed by atoms with van der Waals surface area (Å²) in [5.41, 5.74) is -0.456. The van der Waals surface area contributed by atoms with E-state index in [1.807, 2.05) is 24.3 Å². The second-order valence-corrected chi connectivity index (χ2v) is 7.59. The number of amides is 2. The summed E-state index contributed by atoms with van der Waals surface area (Å²) in [4.78, 5) is 28.1. The fourth-order valence-electron chi connectivity index (χ4n) is 3.47. The van der Waals surface area contributed by atoms with Crippen LogP contribution in [0.4, 0.5) is 5.69 Å². The van der Waals surface area contributed by atoms with Gasteiger partial charge in [-0.2, -0.15) is 0 Å². The number of aliphatic hydroxyl groups is 1. The third-order valence-corrected chi connectivity index (χ3v) is 5.46. The predicted octanol–water partition coefficient (Wildman–Crippen LogP) is 2.59. The van der Waals surface area contributed by atoms with E-state index < -0.39 is 23.5 Å². The van der Waals surface area contributed by atoms with Gasteiger partial charge < -0.3 is 14.9 Å². The van der Waals surface area contributed by atoms with Gasteiger partial charge >= 0.3 is 0 Å². The van der Waals surface area contributed by atoms with Gasteiger partial charge in [-0.1, -0.05) is 45.7 Å². The number of hydrogen-bond acceptors (Lipinski definition) is 3. The highest BCUT2D eigenvalue weighted by atomic mass is 79.9. The Hall–Kier alpha value is -1.89. The molecule has 2 atom stereocenters. The number of carbonyl (C=O) groups is 2. The van der Waals surface area contributed by atoms with Gasteiger partial charge in [0, 0.05) is 21.7 Å². The van der Waals surface area contributed by atoms with Gasteiger partial charge in [-0.3, -0.25) is 9.59 Å². The minimum absolute atomic E-state index is 0.245. The largest absolute Gasteiger partial charge is 0.370 e. The molecule has 7 heteroatoms. The average Bonchev–Trinajstić information content (AvgIpc) is 2.82. The fourth-order valence-corrected chi connectivity index (χ4v) is 4.10. The molecule has 128 valence electrons. The molecule has 0 aliphatic carbocycles. The molecule has 5 nitrogen and oxygen atoms in total. The molecule has 0 bridgehead atoms. The van der Waals surface area contributed by atoms with Crippen molar-refractivity contribution in [3.63, 3.8) is 0 Å². The number of rotatable bonds is 3. The van der Waals surface area contributed by atoms with E-state index in [1.165, 1.54) is 4.90 Å². The number of β-lactam (4-membered cyclic amide) rings is 1. The highest BCUT2D eigenvalue weighted by Crippen LogP contribution is 2.41. The number of halogens is 2. The normalized spacial score (nSPS) is 25.2. The van der Waals surface area contributed by atoms with Crippen molar-refractivity contribution >= 4 is 45.0 Å². The Balaban J connectivity index is 1.60. The zero-order valence-corrected chi connectivity index (χ0v) is 15.4. The second kappa shape index (κ2) is 5.83. The predicted molar refractivity (Wildman–Crippen MR) is 97.2 cm³/mol. The minimum Gasteiger partial charge on any atom is -0.370 e. The van der Waals surface area contributed by atoms with E-state index in [4.69, 9.17) is 11.6 Å². The summed E-state index contributed by atoms with van der Waals surface area (Å²) < 4.78 is 0.913. The van der Waals surface area contributed by atoms with Crippen LogP contribution >= 0.6 is 27.5 Å². The fraction of sp³-hybridized carbons (Fsp3) is 0.222. The first-order chi connectivity index (χ1) is 11.9. The van der Waals surface area contributed by atoms with E-state index in [0.717, 1.165) is 10.0 Å². The number of nitrogens with zero attached hydrogens (tertiary/aromatic N) is 2. The first-order valence-electron chi connectivity index (χ1n) is 7.76. The van der Waals surface area contributed by atoms with Crippen LogP contribution in [-0.4, -0.2) is 40.0 Å². The standard InChI is InChI=1S/C18H14BrClN2O3/c19-12-4-1-3-11(7-12)9-22-15-10-21(14-6-2-5-13(20)8-14)16(23)18(15,25)17(22)24/h1-8,15,25H,9-10H2/t15?,18-/m0/s1. The van der Waals surface area contributed by atoms with Crippen molar-refractivity contribution in [1.82, 2.24) is 4.90 Å². The van der Waals surface area contributed by atoms with Crippen molar-refractivity contribution in [1.29, 1.82) is 0 Å². The number of fused-ring (bicyclic) bond motifs is 1. The van der Waals surface area contributed by atoms with Gasteiger partial charge in [-0.15, -0.1) is 0 Å². The molecule has 2 aromatic rings. The number of hydrogen-bond donors (Lipinski definition) is 1. The summed E-state index contributed by atoms with van der Waals surface area (Å²) >= 11 is 9.39. The maximum Gasteiger partial charge on any atom is 0.271 e. The Morgan fingerprint density at radius 3 is 2.64 bits per heavy atom. The van der Waals surface area contributed by atoms with Crippen LogP contribution in [0.2, 0.25) is 5.02 Å². The Bertz CT molecular complexity index is 890. The number of anilines is 1. The zero-order valence-electron chi connectivity index (χ0n) is 13.0. The number of benzene rings is 2. The van der Waals surface area contributed by atoms with Crippen LogP contribution in [0, 0.1) is 0 Å². The topological polar surface area (TPSA) is 60.9 Å². The monoisotopic (exact) mass is 420 g/mol. The summed E-state index contributed by atoms with van der Waals surface area (Å²) in [5.74, 6) is -1.14. The summed E-state index contributed by atoms with van der Waals surface area (Å²) in [6, 6.07) is 13.9. The van der Waals surface area contributed by atoms with Gasteiger partial charge in [0.2, 0.25) is 5.60 Å². The molecular formula is C18H14BrClN2O3. The van der Waals surface area contributed by atoms with Gasteiger partial charge in [0.05, 0.1) is 12.6 Å². The molecule has 0 saturated carbocycles. The molecule has 2 aliphatic rings. The van der Waals surface area contributed by atoms with E-state index in [-0.39, 0.29) is 6.54 Å². The Morgan fingerprint density at radius 2 is 1.92 bits per heavy atom. The molecule has 25 heavy (non-hydrogen) atoms. The van der Waals surface area contributed by atoms with Gasteiger partial charge in [0.15, 0.2) is 0 Å². The van der Waals surface area contributed by atoms with E-state index in [2.05, 4.69) is 15.9 Å². The average molecular weight is 422 g/mol. The van der Waals surface area contributed by atoms with Crippen LogP contribution in [0.15, 0.2) is 53.0 Å². The summed E-state index contributed by atoms with van der Waals surface area (Å²) in [6.07, 6.45) is 0. The lowest BCUT2D eigenvalue weighted by Gasteiger charge is -2.46. The molecule has 0 spiro atoms. The molecule has 1 unspecified atom stereocenters. The van der Waals surface area contributed by atoms with Crippen molar-refractivity contribution in [3.05, 3.63) is 63.6 Å². The highest BCUT2D eigenvalue weighted by molar-refractivity contribution is 9.10. The lowest BCUT2D eigenvalue weighted by molar-refractivity contribution is -0.187. The van der Waals surface area contributed by atoms with Crippen molar-refractivity contribution in [2.75, 3.05) is 11.4 Å². The Kier molecular flexibility index (Phi) is 3.86. The summed E-state index contributed by atoms with van der Waals surface area (Å²) in [5, 5.41) is 11.2. The Morgan fingerprint density at radius 1 is 1.16 bits per heavy atom. The third-order valence-electron chi connectivity index (χ3n) is 4.73.